The third-order valence-electron chi connectivity index (χ3n) is 2.83. The highest BCUT2D eigenvalue weighted by Gasteiger charge is 2.06. The van der Waals surface area contributed by atoms with Gasteiger partial charge in [0, 0.05) is 18.2 Å². The van der Waals surface area contributed by atoms with Gasteiger partial charge < -0.3 is 10.1 Å². The summed E-state index contributed by atoms with van der Waals surface area (Å²) in [6, 6.07) is 10.4. The summed E-state index contributed by atoms with van der Waals surface area (Å²) in [4.78, 5) is 0. The van der Waals surface area contributed by atoms with Crippen molar-refractivity contribution in [2.45, 2.75) is 6.54 Å². The lowest BCUT2D eigenvalue weighted by molar-refractivity contribution is 0.411. The molecular formula is C15H12F2N2O. The lowest BCUT2D eigenvalue weighted by atomic mass is 10.1. The van der Waals surface area contributed by atoms with Crippen molar-refractivity contribution in [3.63, 3.8) is 0 Å². The Morgan fingerprint density at radius 2 is 1.95 bits per heavy atom. The van der Waals surface area contributed by atoms with E-state index in [1.165, 1.54) is 25.3 Å². The second-order valence-electron chi connectivity index (χ2n) is 4.12. The number of hydrogen-bond acceptors (Lipinski definition) is 3. The van der Waals surface area contributed by atoms with Gasteiger partial charge in [0.1, 0.15) is 17.4 Å². The van der Waals surface area contributed by atoms with E-state index in [9.17, 15) is 8.78 Å². The zero-order valence-electron chi connectivity index (χ0n) is 10.8. The van der Waals surface area contributed by atoms with Gasteiger partial charge in [-0.15, -0.1) is 0 Å². The van der Waals surface area contributed by atoms with Crippen LogP contribution in [-0.4, -0.2) is 7.11 Å². The van der Waals surface area contributed by atoms with E-state index in [4.69, 9.17) is 10.00 Å². The number of nitrogens with one attached hydrogen (secondary N) is 1. The van der Waals surface area contributed by atoms with Gasteiger partial charge in [-0.25, -0.2) is 8.78 Å². The van der Waals surface area contributed by atoms with Crippen LogP contribution in [0.15, 0.2) is 36.4 Å². The summed E-state index contributed by atoms with van der Waals surface area (Å²) >= 11 is 0. The van der Waals surface area contributed by atoms with Crippen LogP contribution in [0.5, 0.6) is 5.75 Å². The van der Waals surface area contributed by atoms with Gasteiger partial charge in [-0.3, -0.25) is 0 Å². The van der Waals surface area contributed by atoms with E-state index >= 15 is 0 Å². The molecule has 0 bridgehead atoms. The molecule has 0 saturated heterocycles. The number of rotatable bonds is 4. The maximum absolute atomic E-state index is 13.7. The fourth-order valence-electron chi connectivity index (χ4n) is 1.72. The highest BCUT2D eigenvalue weighted by atomic mass is 19.1. The molecule has 0 spiro atoms. The molecule has 2 aromatic carbocycles. The van der Waals surface area contributed by atoms with Crippen LogP contribution in [0.4, 0.5) is 14.5 Å². The SMILES string of the molecule is COc1ccc(CNc2ccc(C#N)cc2F)c(F)c1. The molecule has 0 aliphatic carbocycles. The molecule has 102 valence electrons. The van der Waals surface area contributed by atoms with E-state index in [0.29, 0.717) is 11.3 Å². The molecule has 20 heavy (non-hydrogen) atoms. The minimum atomic E-state index is -0.544. The molecule has 0 unspecified atom stereocenters. The van der Waals surface area contributed by atoms with E-state index in [1.807, 2.05) is 6.07 Å². The van der Waals surface area contributed by atoms with Gasteiger partial charge >= 0.3 is 0 Å². The van der Waals surface area contributed by atoms with Crippen molar-refractivity contribution in [1.29, 1.82) is 5.26 Å². The largest absolute Gasteiger partial charge is 0.497 e. The Bertz CT molecular complexity index is 665. The molecule has 1 N–H and O–H groups in total. The summed E-state index contributed by atoms with van der Waals surface area (Å²) in [6.07, 6.45) is 0. The van der Waals surface area contributed by atoms with E-state index in [1.54, 1.807) is 12.1 Å². The highest BCUT2D eigenvalue weighted by Crippen LogP contribution is 2.19. The fourth-order valence-corrected chi connectivity index (χ4v) is 1.72. The quantitative estimate of drug-likeness (QED) is 0.928. The summed E-state index contributed by atoms with van der Waals surface area (Å²) < 4.78 is 32.2. The van der Waals surface area contributed by atoms with Crippen LogP contribution in [0, 0.1) is 23.0 Å². The first-order chi connectivity index (χ1) is 9.63. The molecule has 5 heteroatoms. The standard InChI is InChI=1S/C15H12F2N2O/c1-20-12-4-3-11(13(16)7-12)9-19-15-5-2-10(8-18)6-14(15)17/h2-7,19H,9H2,1H3. The molecule has 0 saturated carbocycles. The first kappa shape index (κ1) is 13.8. The Labute approximate surface area is 115 Å². The zero-order chi connectivity index (χ0) is 14.5. The summed E-state index contributed by atoms with van der Waals surface area (Å²) in [5, 5.41) is 11.4. The molecule has 2 rings (SSSR count). The maximum atomic E-state index is 13.7. The lowest BCUT2D eigenvalue weighted by Crippen LogP contribution is -2.04. The van der Waals surface area contributed by atoms with E-state index in [-0.39, 0.29) is 17.8 Å². The highest BCUT2D eigenvalue weighted by molar-refractivity contribution is 5.49. The molecule has 0 heterocycles. The van der Waals surface area contributed by atoms with Crippen molar-refractivity contribution < 1.29 is 13.5 Å². The van der Waals surface area contributed by atoms with Crippen molar-refractivity contribution >= 4 is 5.69 Å². The number of methoxy groups -OCH3 is 1. The number of anilines is 1. The van der Waals surface area contributed by atoms with Crippen LogP contribution in [0.3, 0.4) is 0 Å². The second kappa shape index (κ2) is 6.02. The molecule has 0 atom stereocenters. The monoisotopic (exact) mass is 274 g/mol. The predicted octanol–water partition coefficient (Wildman–Crippen LogP) is 3.46. The smallest absolute Gasteiger partial charge is 0.147 e. The summed E-state index contributed by atoms with van der Waals surface area (Å²) in [7, 11) is 1.46. The Hall–Kier alpha value is -2.61. The Balaban J connectivity index is 2.11. The van der Waals surface area contributed by atoms with Crippen molar-refractivity contribution in [3.8, 4) is 11.8 Å². The van der Waals surface area contributed by atoms with Crippen LogP contribution in [0.1, 0.15) is 11.1 Å². The third-order valence-corrected chi connectivity index (χ3v) is 2.83. The first-order valence-electron chi connectivity index (χ1n) is 5.90. The Kier molecular flexibility index (Phi) is 4.16. The average molecular weight is 274 g/mol. The van der Waals surface area contributed by atoms with Crippen LogP contribution in [-0.2, 0) is 6.54 Å². The summed E-state index contributed by atoms with van der Waals surface area (Å²) in [5.41, 5.74) is 0.859. The van der Waals surface area contributed by atoms with E-state index < -0.39 is 11.6 Å². The average Bonchev–Trinajstić information content (AvgIpc) is 2.46. The minimum Gasteiger partial charge on any atom is -0.497 e. The Morgan fingerprint density at radius 3 is 2.55 bits per heavy atom. The van der Waals surface area contributed by atoms with Crippen LogP contribution >= 0.6 is 0 Å². The van der Waals surface area contributed by atoms with E-state index in [2.05, 4.69) is 5.32 Å². The van der Waals surface area contributed by atoms with Gasteiger partial charge in [0.15, 0.2) is 0 Å². The number of halogens is 2. The van der Waals surface area contributed by atoms with Crippen molar-refractivity contribution in [1.82, 2.24) is 0 Å². The van der Waals surface area contributed by atoms with Gasteiger partial charge in [0.25, 0.3) is 0 Å². The molecule has 2 aromatic rings. The van der Waals surface area contributed by atoms with E-state index in [0.717, 1.165) is 6.07 Å². The molecule has 0 aliphatic heterocycles. The van der Waals surface area contributed by atoms with Crippen LogP contribution in [0.2, 0.25) is 0 Å². The predicted molar refractivity (Wildman–Crippen MR) is 71.4 cm³/mol. The lowest BCUT2D eigenvalue weighted by Gasteiger charge is -2.09. The topological polar surface area (TPSA) is 45.0 Å². The molecular weight excluding hydrogens is 262 g/mol. The number of nitrogens with zero attached hydrogens (tertiary/aromatic N) is 1. The Morgan fingerprint density at radius 1 is 1.15 bits per heavy atom. The molecule has 3 nitrogen and oxygen atoms in total. The molecule has 0 radical (unpaired) electrons. The number of ether oxygens (including phenoxy) is 1. The van der Waals surface area contributed by atoms with Crippen LogP contribution < -0.4 is 10.1 Å². The van der Waals surface area contributed by atoms with Crippen LogP contribution in [0.25, 0.3) is 0 Å². The summed E-state index contributed by atoms with van der Waals surface area (Å²) in [6.45, 7) is 0.138. The van der Waals surface area contributed by atoms with Crippen molar-refractivity contribution in [3.05, 3.63) is 59.2 Å². The van der Waals surface area contributed by atoms with Gasteiger partial charge in [-0.2, -0.15) is 5.26 Å². The number of benzene rings is 2. The van der Waals surface area contributed by atoms with Crippen molar-refractivity contribution in [2.75, 3.05) is 12.4 Å². The second-order valence-corrected chi connectivity index (χ2v) is 4.12. The van der Waals surface area contributed by atoms with Gasteiger partial charge in [-0.05, 0) is 24.3 Å². The molecule has 0 aliphatic rings. The fraction of sp³-hybridized carbons (Fsp3) is 0.133. The van der Waals surface area contributed by atoms with Gasteiger partial charge in [-0.1, -0.05) is 6.07 Å². The third kappa shape index (κ3) is 3.04. The molecule has 0 amide bonds. The normalized spacial score (nSPS) is 9.90. The number of nitriles is 1. The van der Waals surface area contributed by atoms with Gasteiger partial charge in [0.05, 0.1) is 24.4 Å². The molecule has 0 fully saturated rings. The zero-order valence-corrected chi connectivity index (χ0v) is 10.8. The summed E-state index contributed by atoms with van der Waals surface area (Å²) in [5.74, 6) is -0.542. The minimum absolute atomic E-state index is 0.138. The molecule has 0 aromatic heterocycles. The van der Waals surface area contributed by atoms with Crippen molar-refractivity contribution in [2.24, 2.45) is 0 Å². The first-order valence-corrected chi connectivity index (χ1v) is 5.90. The maximum Gasteiger partial charge on any atom is 0.147 e. The van der Waals surface area contributed by atoms with Gasteiger partial charge in [0.2, 0.25) is 0 Å². The number of hydrogen-bond donors (Lipinski definition) is 1.